The van der Waals surface area contributed by atoms with Gasteiger partial charge in [0.05, 0.1) is 25.8 Å². The molecule has 170 valence electrons. The molecule has 0 radical (unpaired) electrons. The molecule has 3 heterocycles. The molecule has 0 aliphatic carbocycles. The van der Waals surface area contributed by atoms with Crippen molar-refractivity contribution in [3.05, 3.63) is 47.9 Å². The molecule has 2 unspecified atom stereocenters. The number of fused-ring (bicyclic) bond motifs is 1. The van der Waals surface area contributed by atoms with Crippen LogP contribution in [0.25, 0.3) is 0 Å². The lowest BCUT2D eigenvalue weighted by atomic mass is 10.1. The highest BCUT2D eigenvalue weighted by Gasteiger charge is 2.26. The summed E-state index contributed by atoms with van der Waals surface area (Å²) >= 11 is 0. The number of aliphatic imine (C=N–C) groups is 1. The van der Waals surface area contributed by atoms with E-state index in [1.54, 1.807) is 7.05 Å². The van der Waals surface area contributed by atoms with Crippen molar-refractivity contribution in [1.82, 2.24) is 15.5 Å². The third kappa shape index (κ3) is 6.27. The summed E-state index contributed by atoms with van der Waals surface area (Å²) < 4.78 is 23.2. The minimum absolute atomic E-state index is 0. The van der Waals surface area contributed by atoms with Crippen molar-refractivity contribution >= 4 is 29.9 Å². The van der Waals surface area contributed by atoms with Crippen LogP contribution < -0.4 is 20.1 Å². The Kier molecular flexibility index (Phi) is 8.85. The van der Waals surface area contributed by atoms with E-state index in [0.717, 1.165) is 55.3 Å². The fraction of sp³-hybridized carbons (Fsp3) is 0.500. The molecular formula is C22H31IN4O4. The van der Waals surface area contributed by atoms with E-state index < -0.39 is 0 Å². The molecule has 1 aromatic carbocycles. The first-order valence-corrected chi connectivity index (χ1v) is 10.4. The van der Waals surface area contributed by atoms with Crippen LogP contribution in [0.15, 0.2) is 45.8 Å². The Hall–Kier alpha value is -1.98. The lowest BCUT2D eigenvalue weighted by Gasteiger charge is -2.33. The number of furan rings is 1. The molecule has 0 spiro atoms. The van der Waals surface area contributed by atoms with Crippen LogP contribution in [0.2, 0.25) is 0 Å². The van der Waals surface area contributed by atoms with Crippen LogP contribution in [0.5, 0.6) is 11.5 Å². The van der Waals surface area contributed by atoms with Crippen molar-refractivity contribution in [2.75, 3.05) is 53.0 Å². The average Bonchev–Trinajstić information content (AvgIpc) is 3.22. The molecule has 31 heavy (non-hydrogen) atoms. The lowest BCUT2D eigenvalue weighted by Crippen LogP contribution is -2.48. The first-order valence-electron chi connectivity index (χ1n) is 10.4. The number of hydrogen-bond donors (Lipinski definition) is 2. The van der Waals surface area contributed by atoms with Gasteiger partial charge in [-0.15, -0.1) is 24.0 Å². The molecule has 0 bridgehead atoms. The zero-order valence-electron chi connectivity index (χ0n) is 18.0. The number of benzene rings is 1. The number of guanidine groups is 1. The van der Waals surface area contributed by atoms with E-state index in [4.69, 9.17) is 18.6 Å². The Labute approximate surface area is 200 Å². The normalized spacial score (nSPS) is 19.9. The first-order chi connectivity index (χ1) is 14.7. The van der Waals surface area contributed by atoms with E-state index in [-0.39, 0.29) is 36.1 Å². The van der Waals surface area contributed by atoms with Gasteiger partial charge in [-0.25, -0.2) is 0 Å². The second-order valence-electron chi connectivity index (χ2n) is 7.44. The van der Waals surface area contributed by atoms with Gasteiger partial charge < -0.3 is 29.3 Å². The molecule has 0 amide bonds. The van der Waals surface area contributed by atoms with Gasteiger partial charge in [0.2, 0.25) is 0 Å². The predicted octanol–water partition coefficient (Wildman–Crippen LogP) is 2.58. The van der Waals surface area contributed by atoms with E-state index in [0.29, 0.717) is 19.7 Å². The smallest absolute Gasteiger partial charge is 0.191 e. The number of para-hydroxylation sites is 2. The highest BCUT2D eigenvalue weighted by Crippen LogP contribution is 2.30. The fourth-order valence-electron chi connectivity index (χ4n) is 3.72. The Morgan fingerprint density at radius 1 is 1.13 bits per heavy atom. The SMILES string of the molecule is CN=C(NCC1COc2ccccc2O1)NCC(c1ccc(C)o1)N1CCOCC1.I. The number of halogens is 1. The van der Waals surface area contributed by atoms with E-state index >= 15 is 0 Å². The van der Waals surface area contributed by atoms with Crippen molar-refractivity contribution in [2.24, 2.45) is 4.99 Å². The molecule has 2 N–H and O–H groups in total. The van der Waals surface area contributed by atoms with E-state index in [9.17, 15) is 0 Å². The minimum Gasteiger partial charge on any atom is -0.486 e. The van der Waals surface area contributed by atoms with E-state index in [1.807, 2.05) is 37.3 Å². The van der Waals surface area contributed by atoms with Crippen molar-refractivity contribution in [3.63, 3.8) is 0 Å². The van der Waals surface area contributed by atoms with Crippen LogP contribution in [0.3, 0.4) is 0 Å². The average molecular weight is 542 g/mol. The molecule has 1 saturated heterocycles. The molecule has 2 aromatic rings. The molecule has 2 atom stereocenters. The van der Waals surface area contributed by atoms with Crippen molar-refractivity contribution < 1.29 is 18.6 Å². The summed E-state index contributed by atoms with van der Waals surface area (Å²) in [5, 5.41) is 6.78. The Morgan fingerprint density at radius 3 is 2.61 bits per heavy atom. The van der Waals surface area contributed by atoms with Crippen molar-refractivity contribution in [1.29, 1.82) is 0 Å². The number of aryl methyl sites for hydroxylation is 1. The number of hydrogen-bond acceptors (Lipinski definition) is 6. The summed E-state index contributed by atoms with van der Waals surface area (Å²) in [7, 11) is 1.77. The third-order valence-corrected chi connectivity index (χ3v) is 5.33. The van der Waals surface area contributed by atoms with Gasteiger partial charge in [-0.05, 0) is 31.2 Å². The predicted molar refractivity (Wildman–Crippen MR) is 130 cm³/mol. The molecule has 1 fully saturated rings. The zero-order chi connectivity index (χ0) is 20.8. The minimum atomic E-state index is -0.0822. The quantitative estimate of drug-likeness (QED) is 0.330. The summed E-state index contributed by atoms with van der Waals surface area (Å²) in [6, 6.07) is 11.9. The van der Waals surface area contributed by atoms with Gasteiger partial charge >= 0.3 is 0 Å². The Balaban J connectivity index is 0.00000272. The van der Waals surface area contributed by atoms with Crippen LogP contribution in [0.4, 0.5) is 0 Å². The van der Waals surface area contributed by atoms with Crippen molar-refractivity contribution in [3.8, 4) is 11.5 Å². The summed E-state index contributed by atoms with van der Waals surface area (Å²) in [5.74, 6) is 4.16. The van der Waals surface area contributed by atoms with E-state index in [1.165, 1.54) is 0 Å². The van der Waals surface area contributed by atoms with Gasteiger partial charge in [0.1, 0.15) is 24.2 Å². The van der Waals surface area contributed by atoms with Crippen LogP contribution >= 0.6 is 24.0 Å². The standard InChI is InChI=1S/C22H30N4O4.HI/c1-16-7-8-19(29-16)18(26-9-11-27-12-10-26)14-25-22(23-2)24-13-17-15-28-20-5-3-4-6-21(20)30-17;/h3-8,17-18H,9-15H2,1-2H3,(H2,23,24,25);1H. The first kappa shape index (κ1) is 23.7. The number of nitrogens with zero attached hydrogens (tertiary/aromatic N) is 2. The summed E-state index contributed by atoms with van der Waals surface area (Å²) in [6.07, 6.45) is -0.0822. The Bertz CT molecular complexity index is 854. The summed E-state index contributed by atoms with van der Waals surface area (Å²) in [4.78, 5) is 6.74. The largest absolute Gasteiger partial charge is 0.486 e. The molecular weight excluding hydrogens is 511 g/mol. The maximum atomic E-state index is 6.01. The topological polar surface area (TPSA) is 80.5 Å². The number of morpholine rings is 1. The fourth-order valence-corrected chi connectivity index (χ4v) is 3.72. The molecule has 2 aliphatic heterocycles. The maximum Gasteiger partial charge on any atom is 0.191 e. The molecule has 9 heteroatoms. The second kappa shape index (κ2) is 11.6. The molecule has 8 nitrogen and oxygen atoms in total. The molecule has 0 saturated carbocycles. The van der Waals surface area contributed by atoms with Gasteiger partial charge in [0.15, 0.2) is 17.5 Å². The van der Waals surface area contributed by atoms with Crippen LogP contribution in [0.1, 0.15) is 17.6 Å². The lowest BCUT2D eigenvalue weighted by molar-refractivity contribution is 0.0124. The van der Waals surface area contributed by atoms with Gasteiger partial charge in [-0.3, -0.25) is 9.89 Å². The highest BCUT2D eigenvalue weighted by atomic mass is 127. The number of nitrogens with one attached hydrogen (secondary N) is 2. The van der Waals surface area contributed by atoms with Gasteiger partial charge in [0, 0.05) is 26.7 Å². The summed E-state index contributed by atoms with van der Waals surface area (Å²) in [5.41, 5.74) is 0. The van der Waals surface area contributed by atoms with Gasteiger partial charge in [-0.1, -0.05) is 12.1 Å². The summed E-state index contributed by atoms with van der Waals surface area (Å²) in [6.45, 7) is 6.98. The molecule has 1 aromatic heterocycles. The highest BCUT2D eigenvalue weighted by molar-refractivity contribution is 14.0. The number of rotatable bonds is 6. The van der Waals surface area contributed by atoms with Crippen LogP contribution in [-0.4, -0.2) is 70.0 Å². The van der Waals surface area contributed by atoms with Gasteiger partial charge in [0.25, 0.3) is 0 Å². The number of ether oxygens (including phenoxy) is 3. The van der Waals surface area contributed by atoms with Crippen LogP contribution in [0, 0.1) is 6.92 Å². The molecule has 2 aliphatic rings. The molecule has 4 rings (SSSR count). The monoisotopic (exact) mass is 542 g/mol. The maximum absolute atomic E-state index is 6.01. The van der Waals surface area contributed by atoms with Crippen LogP contribution in [-0.2, 0) is 4.74 Å². The van der Waals surface area contributed by atoms with E-state index in [2.05, 4.69) is 26.6 Å². The second-order valence-corrected chi connectivity index (χ2v) is 7.44. The van der Waals surface area contributed by atoms with Crippen molar-refractivity contribution in [2.45, 2.75) is 19.1 Å². The Morgan fingerprint density at radius 2 is 1.90 bits per heavy atom. The third-order valence-electron chi connectivity index (χ3n) is 5.33. The van der Waals surface area contributed by atoms with Gasteiger partial charge in [-0.2, -0.15) is 0 Å². The zero-order valence-corrected chi connectivity index (χ0v) is 20.3.